The van der Waals surface area contributed by atoms with Crippen LogP contribution in [0.25, 0.3) is 0 Å². The van der Waals surface area contributed by atoms with Gasteiger partial charge in [-0.2, -0.15) is 0 Å². The number of nitro groups is 1. The number of unbranched alkanes of at least 4 members (excludes halogenated alkanes) is 10. The first-order valence-corrected chi connectivity index (χ1v) is 12.6. The lowest BCUT2D eigenvalue weighted by molar-refractivity contribution is -0.385. The van der Waals surface area contributed by atoms with Gasteiger partial charge in [0.05, 0.1) is 17.1 Å². The molecule has 0 aliphatic rings. The Labute approximate surface area is 202 Å². The Morgan fingerprint density at radius 1 is 0.848 bits per heavy atom. The van der Waals surface area contributed by atoms with Gasteiger partial charge in [-0.1, -0.05) is 82.7 Å². The van der Waals surface area contributed by atoms with Gasteiger partial charge in [-0.05, 0) is 25.0 Å². The van der Waals surface area contributed by atoms with Crippen LogP contribution in [0.4, 0.5) is 5.69 Å². The van der Waals surface area contributed by atoms with E-state index in [0.717, 1.165) is 12.8 Å². The van der Waals surface area contributed by atoms with Crippen molar-refractivity contribution in [2.75, 3.05) is 6.61 Å². The first-order valence-electron chi connectivity index (χ1n) is 12.2. The summed E-state index contributed by atoms with van der Waals surface area (Å²) >= 11 is 5.76. The number of halogens is 1. The largest absolute Gasteiger partial charge is 0.466 e. The van der Waals surface area contributed by atoms with Crippen molar-refractivity contribution >= 4 is 29.2 Å². The van der Waals surface area contributed by atoms with Crippen molar-refractivity contribution in [3.63, 3.8) is 0 Å². The lowest BCUT2D eigenvalue weighted by atomic mass is 10.1. The summed E-state index contributed by atoms with van der Waals surface area (Å²) in [6.07, 6.45) is 14.1. The van der Waals surface area contributed by atoms with Crippen LogP contribution in [0.3, 0.4) is 0 Å². The van der Waals surface area contributed by atoms with Crippen LogP contribution in [0.15, 0.2) is 18.2 Å². The Balaban J connectivity index is 2.01. The summed E-state index contributed by atoms with van der Waals surface area (Å²) in [5, 5.41) is 11.3. The molecule has 7 nitrogen and oxygen atoms in total. The maximum Gasteiger partial charge on any atom is 0.306 e. The van der Waals surface area contributed by atoms with E-state index in [2.05, 4.69) is 6.92 Å². The molecule has 1 aromatic rings. The molecule has 186 valence electrons. The van der Waals surface area contributed by atoms with Gasteiger partial charge < -0.3 is 9.47 Å². The number of carbonyl (C=O) groups is 2. The molecule has 1 aromatic carbocycles. The lowest BCUT2D eigenvalue weighted by Crippen LogP contribution is -2.09. The second-order valence-corrected chi connectivity index (χ2v) is 8.74. The monoisotopic (exact) mass is 483 g/mol. The standard InChI is InChI=1S/C25H38ClNO6/c1-2-3-4-5-6-7-8-9-10-11-12-18-32-24(28)14-13-15-25(29)33-20-21-16-17-22(26)19-23(21)27(30)31/h16-17,19H,2-15,18,20H2,1H3. The molecule has 8 heteroatoms. The van der Waals surface area contributed by atoms with Gasteiger partial charge in [0.25, 0.3) is 5.69 Å². The third-order valence-electron chi connectivity index (χ3n) is 5.41. The van der Waals surface area contributed by atoms with Crippen LogP contribution < -0.4 is 0 Å². The zero-order valence-corrected chi connectivity index (χ0v) is 20.6. The smallest absolute Gasteiger partial charge is 0.306 e. The third kappa shape index (κ3) is 14.6. The number of nitrogens with zero attached hydrogens (tertiary/aromatic N) is 1. The molecule has 0 spiro atoms. The van der Waals surface area contributed by atoms with Crippen molar-refractivity contribution in [3.8, 4) is 0 Å². The summed E-state index contributed by atoms with van der Waals surface area (Å²) in [4.78, 5) is 34.1. The molecular formula is C25H38ClNO6. The summed E-state index contributed by atoms with van der Waals surface area (Å²) in [5.74, 6) is -0.833. The SMILES string of the molecule is CCCCCCCCCCCCCOC(=O)CCCC(=O)OCc1ccc(Cl)cc1[N+](=O)[O-]. The Kier molecular flexibility index (Phi) is 16.0. The number of hydrogen-bond acceptors (Lipinski definition) is 6. The molecule has 0 aromatic heterocycles. The maximum atomic E-state index is 11.8. The van der Waals surface area contributed by atoms with E-state index in [9.17, 15) is 19.7 Å². The van der Waals surface area contributed by atoms with Crippen LogP contribution in [0.5, 0.6) is 0 Å². The zero-order valence-electron chi connectivity index (χ0n) is 19.8. The van der Waals surface area contributed by atoms with Gasteiger partial charge in [0.1, 0.15) is 6.61 Å². The van der Waals surface area contributed by atoms with E-state index in [-0.39, 0.29) is 41.7 Å². The van der Waals surface area contributed by atoms with Gasteiger partial charge in [0, 0.05) is 23.9 Å². The Bertz CT molecular complexity index is 725. The van der Waals surface area contributed by atoms with E-state index in [1.807, 2.05) is 0 Å². The summed E-state index contributed by atoms with van der Waals surface area (Å²) in [5.41, 5.74) is 0.0745. The molecule has 0 saturated heterocycles. The van der Waals surface area contributed by atoms with E-state index in [1.165, 1.54) is 76.0 Å². The van der Waals surface area contributed by atoms with Crippen LogP contribution in [0, 0.1) is 10.1 Å². The predicted octanol–water partition coefficient (Wildman–Crippen LogP) is 7.32. The van der Waals surface area contributed by atoms with Gasteiger partial charge in [0.2, 0.25) is 0 Å². The first kappa shape index (κ1) is 28.9. The van der Waals surface area contributed by atoms with E-state index in [1.54, 1.807) is 0 Å². The van der Waals surface area contributed by atoms with Crippen molar-refractivity contribution in [3.05, 3.63) is 38.9 Å². The van der Waals surface area contributed by atoms with Gasteiger partial charge in [0.15, 0.2) is 0 Å². The Hall–Kier alpha value is -2.15. The highest BCUT2D eigenvalue weighted by Crippen LogP contribution is 2.24. The molecular weight excluding hydrogens is 446 g/mol. The number of hydrogen-bond donors (Lipinski definition) is 0. The van der Waals surface area contributed by atoms with Crippen molar-refractivity contribution in [2.45, 2.75) is 103 Å². The molecule has 0 aliphatic carbocycles. The molecule has 0 amide bonds. The minimum atomic E-state index is -0.569. The van der Waals surface area contributed by atoms with Gasteiger partial charge in [-0.25, -0.2) is 0 Å². The number of rotatable bonds is 19. The van der Waals surface area contributed by atoms with Crippen molar-refractivity contribution in [1.82, 2.24) is 0 Å². The van der Waals surface area contributed by atoms with Crippen LogP contribution in [-0.2, 0) is 25.7 Å². The number of esters is 2. The average molecular weight is 484 g/mol. The number of carbonyl (C=O) groups excluding carboxylic acids is 2. The highest BCUT2D eigenvalue weighted by Gasteiger charge is 2.16. The topological polar surface area (TPSA) is 95.7 Å². The molecule has 0 aliphatic heterocycles. The van der Waals surface area contributed by atoms with E-state index < -0.39 is 10.9 Å². The minimum absolute atomic E-state index is 0.0505. The molecule has 0 radical (unpaired) electrons. The van der Waals surface area contributed by atoms with E-state index >= 15 is 0 Å². The van der Waals surface area contributed by atoms with Crippen LogP contribution >= 0.6 is 11.6 Å². The van der Waals surface area contributed by atoms with E-state index in [0.29, 0.717) is 13.0 Å². The quantitative estimate of drug-likeness (QED) is 0.0884. The van der Waals surface area contributed by atoms with Crippen molar-refractivity contribution in [1.29, 1.82) is 0 Å². The summed E-state index contributed by atoms with van der Waals surface area (Å²) < 4.78 is 10.3. The molecule has 0 atom stereocenters. The fraction of sp³-hybridized carbons (Fsp3) is 0.680. The minimum Gasteiger partial charge on any atom is -0.466 e. The fourth-order valence-corrected chi connectivity index (χ4v) is 3.63. The first-order chi connectivity index (χ1) is 15.9. The van der Waals surface area contributed by atoms with Crippen LogP contribution in [-0.4, -0.2) is 23.5 Å². The third-order valence-corrected chi connectivity index (χ3v) is 5.64. The molecule has 33 heavy (non-hydrogen) atoms. The summed E-state index contributed by atoms with van der Waals surface area (Å²) in [6.45, 7) is 2.44. The van der Waals surface area contributed by atoms with E-state index in [4.69, 9.17) is 21.1 Å². The fourth-order valence-electron chi connectivity index (χ4n) is 3.46. The van der Waals surface area contributed by atoms with Gasteiger partial charge >= 0.3 is 11.9 Å². The molecule has 0 heterocycles. The molecule has 0 saturated carbocycles. The molecule has 0 fully saturated rings. The highest BCUT2D eigenvalue weighted by molar-refractivity contribution is 6.30. The van der Waals surface area contributed by atoms with Crippen molar-refractivity contribution in [2.24, 2.45) is 0 Å². The molecule has 0 bridgehead atoms. The van der Waals surface area contributed by atoms with Gasteiger partial charge in [-0.3, -0.25) is 19.7 Å². The molecule has 0 unspecified atom stereocenters. The molecule has 0 N–H and O–H groups in total. The van der Waals surface area contributed by atoms with Crippen LogP contribution in [0.1, 0.15) is 102 Å². The number of ether oxygens (including phenoxy) is 2. The maximum absolute atomic E-state index is 11.8. The summed E-state index contributed by atoms with van der Waals surface area (Å²) in [7, 11) is 0. The number of benzene rings is 1. The predicted molar refractivity (Wildman–Crippen MR) is 129 cm³/mol. The van der Waals surface area contributed by atoms with Gasteiger partial charge in [-0.15, -0.1) is 0 Å². The average Bonchev–Trinajstić information content (AvgIpc) is 2.78. The number of nitro benzene ring substituents is 1. The molecule has 1 rings (SSSR count). The zero-order chi connectivity index (χ0) is 24.3. The normalized spacial score (nSPS) is 10.7. The van der Waals surface area contributed by atoms with Crippen molar-refractivity contribution < 1.29 is 24.0 Å². The Morgan fingerprint density at radius 3 is 1.97 bits per heavy atom. The highest BCUT2D eigenvalue weighted by atomic mass is 35.5. The second kappa shape index (κ2) is 18.3. The Morgan fingerprint density at radius 2 is 1.39 bits per heavy atom. The lowest BCUT2D eigenvalue weighted by Gasteiger charge is -2.07. The summed E-state index contributed by atoms with van der Waals surface area (Å²) in [6, 6.07) is 4.18. The van der Waals surface area contributed by atoms with Crippen LogP contribution in [0.2, 0.25) is 5.02 Å². The second-order valence-electron chi connectivity index (χ2n) is 8.30.